The van der Waals surface area contributed by atoms with Gasteiger partial charge in [-0.1, -0.05) is 37.1 Å². The van der Waals surface area contributed by atoms with Crippen LogP contribution in [0.3, 0.4) is 0 Å². The molecule has 2 fully saturated rings. The van der Waals surface area contributed by atoms with E-state index in [1.54, 1.807) is 26.8 Å². The number of carbonyl (C=O) groups is 4. The van der Waals surface area contributed by atoms with Gasteiger partial charge in [0.05, 0.1) is 6.04 Å². The van der Waals surface area contributed by atoms with Gasteiger partial charge >= 0.3 is 12.1 Å². The molecule has 2 aromatic rings. The van der Waals surface area contributed by atoms with Gasteiger partial charge in [0.1, 0.15) is 29.0 Å². The van der Waals surface area contributed by atoms with Crippen molar-refractivity contribution in [3.8, 4) is 11.4 Å². The van der Waals surface area contributed by atoms with Crippen LogP contribution in [0.4, 0.5) is 9.18 Å². The molecule has 3 heterocycles. The number of hydrogen-bond donors (Lipinski definition) is 3. The second kappa shape index (κ2) is 12.3. The van der Waals surface area contributed by atoms with Crippen molar-refractivity contribution in [2.75, 3.05) is 6.54 Å². The summed E-state index contributed by atoms with van der Waals surface area (Å²) in [6.45, 7) is 5.16. The average molecular weight is 612 g/mol. The molecule has 3 amide bonds. The summed E-state index contributed by atoms with van der Waals surface area (Å²) < 4.78 is 19.2. The Kier molecular flexibility index (Phi) is 8.71. The number of hydrogen-bond acceptors (Lipinski definition) is 8. The number of amides is 3. The van der Waals surface area contributed by atoms with E-state index in [0.29, 0.717) is 18.4 Å². The van der Waals surface area contributed by atoms with Crippen molar-refractivity contribution in [1.29, 1.82) is 0 Å². The molecule has 1 saturated heterocycles. The molecule has 3 aliphatic rings. The van der Waals surface area contributed by atoms with Crippen molar-refractivity contribution in [2.45, 2.75) is 95.0 Å². The highest BCUT2D eigenvalue weighted by molar-refractivity contribution is 5.96. The van der Waals surface area contributed by atoms with Gasteiger partial charge in [-0.25, -0.2) is 14.0 Å². The minimum Gasteiger partial charge on any atom is -0.479 e. The highest BCUT2D eigenvalue weighted by Gasteiger charge is 2.61. The van der Waals surface area contributed by atoms with Gasteiger partial charge in [0.25, 0.3) is 0 Å². The number of benzene rings is 1. The Morgan fingerprint density at radius 1 is 1.20 bits per heavy atom. The summed E-state index contributed by atoms with van der Waals surface area (Å²) in [4.78, 5) is 55.6. The molecule has 3 N–H and O–H groups in total. The van der Waals surface area contributed by atoms with E-state index in [0.717, 1.165) is 19.3 Å². The number of nitrogens with zero attached hydrogens (tertiary/aromatic N) is 5. The lowest BCUT2D eigenvalue weighted by Gasteiger charge is -2.30. The topological polar surface area (TPSA) is 169 Å². The predicted molar refractivity (Wildman–Crippen MR) is 154 cm³/mol. The first-order valence-electron chi connectivity index (χ1n) is 14.9. The van der Waals surface area contributed by atoms with E-state index in [4.69, 9.17) is 4.74 Å². The summed E-state index contributed by atoms with van der Waals surface area (Å²) in [6.07, 6.45) is 6.65. The second-order valence-electron chi connectivity index (χ2n) is 12.7. The van der Waals surface area contributed by atoms with Crippen LogP contribution in [0.1, 0.15) is 71.8 Å². The summed E-state index contributed by atoms with van der Waals surface area (Å²) >= 11 is 0. The van der Waals surface area contributed by atoms with Gasteiger partial charge in [-0.05, 0) is 63.8 Å². The smallest absolute Gasteiger partial charge is 0.408 e. The number of nitrogens with one attached hydrogen (secondary N) is 2. The van der Waals surface area contributed by atoms with Crippen molar-refractivity contribution in [1.82, 2.24) is 35.7 Å². The number of aliphatic carboxylic acids is 1. The molecule has 1 aromatic heterocycles. The largest absolute Gasteiger partial charge is 0.479 e. The van der Waals surface area contributed by atoms with Crippen molar-refractivity contribution in [2.24, 2.45) is 5.92 Å². The first-order valence-corrected chi connectivity index (χ1v) is 14.9. The maximum atomic E-state index is 14.1. The zero-order valence-corrected chi connectivity index (χ0v) is 25.0. The standard InChI is InChI=1S/C30H38FN7O6/c1-29(2,3)44-28(43)32-22-13-8-6-4-5-7-11-19-16-30(19,27(41)42)33-25(39)23-15-21(17-37(23)26(22)40)38-35-24(34-36-38)18-10-9-12-20(31)14-18/h7,9-12,14,19,21-23H,4-6,8,13,15-17H2,1-3H3,(H,32,43)(H,33,39)(H,41,42)/b11-7-/t19-,21+,22-,23-,30+/m0/s1. The molecule has 44 heavy (non-hydrogen) atoms. The number of halogens is 1. The molecule has 1 aliphatic carbocycles. The normalized spacial score (nSPS) is 28.5. The van der Waals surface area contributed by atoms with E-state index in [1.807, 2.05) is 12.2 Å². The Morgan fingerprint density at radius 3 is 2.73 bits per heavy atom. The van der Waals surface area contributed by atoms with E-state index in [9.17, 15) is 28.7 Å². The van der Waals surface area contributed by atoms with E-state index >= 15 is 0 Å². The Morgan fingerprint density at radius 2 is 2.00 bits per heavy atom. The van der Waals surface area contributed by atoms with Crippen LogP contribution in [0.2, 0.25) is 0 Å². The number of fused-ring (bicyclic) bond motifs is 2. The molecule has 0 unspecified atom stereocenters. The number of carbonyl (C=O) groups excluding carboxylic acids is 3. The van der Waals surface area contributed by atoms with Crippen LogP contribution in [0.5, 0.6) is 0 Å². The van der Waals surface area contributed by atoms with Crippen LogP contribution in [0.15, 0.2) is 36.4 Å². The second-order valence-corrected chi connectivity index (χ2v) is 12.7. The van der Waals surface area contributed by atoms with E-state index in [1.165, 1.54) is 27.9 Å². The molecule has 13 nitrogen and oxygen atoms in total. The zero-order chi connectivity index (χ0) is 31.6. The Bertz CT molecular complexity index is 1460. The fourth-order valence-electron chi connectivity index (χ4n) is 5.82. The lowest BCUT2D eigenvalue weighted by molar-refractivity contribution is -0.145. The maximum absolute atomic E-state index is 14.1. The van der Waals surface area contributed by atoms with Crippen LogP contribution in [0.25, 0.3) is 11.4 Å². The number of tetrazole rings is 1. The van der Waals surface area contributed by atoms with Crippen LogP contribution in [-0.4, -0.2) is 83.9 Å². The molecule has 14 heteroatoms. The van der Waals surface area contributed by atoms with Gasteiger partial charge in [0.2, 0.25) is 17.6 Å². The number of aromatic nitrogens is 4. The summed E-state index contributed by atoms with van der Waals surface area (Å²) in [5.74, 6) is -2.89. The SMILES string of the molecule is CC(C)(C)OC(=O)N[C@H]1CCCCC/C=C\[C@H]2C[C@@]2(C(=O)O)NC(=O)[C@@H]2C[C@@H](n3nnc(-c4cccc(F)c4)n3)CN2C1=O. The van der Waals surface area contributed by atoms with Gasteiger partial charge in [0, 0.05) is 24.4 Å². The number of carboxylic acid groups (broad SMARTS) is 1. The van der Waals surface area contributed by atoms with Crippen LogP contribution in [0, 0.1) is 11.7 Å². The fourth-order valence-corrected chi connectivity index (χ4v) is 5.82. The Labute approximate surface area is 254 Å². The first kappa shape index (κ1) is 31.1. The summed E-state index contributed by atoms with van der Waals surface area (Å²) in [5.41, 5.74) is -1.83. The Balaban J connectivity index is 1.44. The van der Waals surface area contributed by atoms with Crippen molar-refractivity contribution < 1.29 is 33.4 Å². The number of alkyl carbamates (subject to hydrolysis) is 1. The van der Waals surface area contributed by atoms with Crippen LogP contribution < -0.4 is 10.6 Å². The molecule has 5 rings (SSSR count). The third-order valence-corrected chi connectivity index (χ3v) is 8.17. The summed E-state index contributed by atoms with van der Waals surface area (Å²) in [6, 6.07) is 3.10. The summed E-state index contributed by atoms with van der Waals surface area (Å²) in [7, 11) is 0. The maximum Gasteiger partial charge on any atom is 0.408 e. The van der Waals surface area contributed by atoms with Gasteiger partial charge < -0.3 is 25.4 Å². The fraction of sp³-hybridized carbons (Fsp3) is 0.567. The molecular weight excluding hydrogens is 573 g/mol. The summed E-state index contributed by atoms with van der Waals surface area (Å²) in [5, 5.41) is 28.0. The molecule has 0 spiro atoms. The van der Waals surface area contributed by atoms with Crippen molar-refractivity contribution in [3.63, 3.8) is 0 Å². The molecule has 0 radical (unpaired) electrons. The molecule has 1 saturated carbocycles. The van der Waals surface area contributed by atoms with Crippen LogP contribution in [-0.2, 0) is 19.1 Å². The van der Waals surface area contributed by atoms with E-state index in [2.05, 4.69) is 26.0 Å². The van der Waals surface area contributed by atoms with Gasteiger partial charge in [0.15, 0.2) is 0 Å². The monoisotopic (exact) mass is 611 g/mol. The molecule has 0 bridgehead atoms. The number of allylic oxidation sites excluding steroid dienone is 1. The minimum atomic E-state index is -1.45. The zero-order valence-electron chi connectivity index (χ0n) is 25.0. The molecule has 5 atom stereocenters. The van der Waals surface area contributed by atoms with Crippen molar-refractivity contribution in [3.05, 3.63) is 42.2 Å². The quantitative estimate of drug-likeness (QED) is 0.440. The third kappa shape index (κ3) is 6.89. The molecular formula is C30H38FN7O6. The molecule has 2 aliphatic heterocycles. The van der Waals surface area contributed by atoms with Gasteiger partial charge in [-0.2, -0.15) is 4.80 Å². The van der Waals surface area contributed by atoms with Crippen LogP contribution >= 0.6 is 0 Å². The third-order valence-electron chi connectivity index (χ3n) is 8.17. The lowest BCUT2D eigenvalue weighted by Crippen LogP contribution is -2.56. The highest BCUT2D eigenvalue weighted by atomic mass is 19.1. The Hall–Kier alpha value is -4.36. The van der Waals surface area contributed by atoms with Crippen molar-refractivity contribution >= 4 is 23.9 Å². The molecule has 236 valence electrons. The minimum absolute atomic E-state index is 0.00573. The van der Waals surface area contributed by atoms with E-state index < -0.39 is 59.0 Å². The average Bonchev–Trinajstić information content (AvgIpc) is 3.27. The van der Waals surface area contributed by atoms with Gasteiger partial charge in [-0.3, -0.25) is 9.59 Å². The predicted octanol–water partition coefficient (Wildman–Crippen LogP) is 2.99. The van der Waals surface area contributed by atoms with Gasteiger partial charge in [-0.15, -0.1) is 10.2 Å². The lowest BCUT2D eigenvalue weighted by atomic mass is 10.0. The number of rotatable bonds is 4. The highest BCUT2D eigenvalue weighted by Crippen LogP contribution is 2.45. The number of ether oxygens (including phenoxy) is 1. The molecule has 1 aromatic carbocycles. The van der Waals surface area contributed by atoms with E-state index in [-0.39, 0.29) is 31.1 Å². The first-order chi connectivity index (χ1) is 20.9. The number of carboxylic acids is 1.